The molecule has 0 bridgehead atoms. The minimum absolute atomic E-state index is 0.0162. The number of carbonyl (C=O) groups excluding carboxylic acids is 1. The van der Waals surface area contributed by atoms with Gasteiger partial charge in [-0.15, -0.1) is 0 Å². The zero-order valence-electron chi connectivity index (χ0n) is 8.94. The number of carbonyl (C=O) groups is 1. The van der Waals surface area contributed by atoms with Crippen molar-refractivity contribution in [2.45, 2.75) is 4.90 Å². The lowest BCUT2D eigenvalue weighted by molar-refractivity contribution is -0.139. The molecule has 0 fully saturated rings. The minimum Gasteiger partial charge on any atom is -0.468 e. The van der Waals surface area contributed by atoms with Crippen LogP contribution in [0.25, 0.3) is 0 Å². The summed E-state index contributed by atoms with van der Waals surface area (Å²) in [5.41, 5.74) is 5.97. The van der Waals surface area contributed by atoms with Crippen LogP contribution in [0.15, 0.2) is 27.6 Å². The SMILES string of the molecule is COC(=O)CNS(=O)(=O)c1ccc(N)c(Br)c1. The normalized spacial score (nSPS) is 11.2. The molecule has 0 aliphatic heterocycles. The lowest BCUT2D eigenvalue weighted by atomic mass is 10.3. The van der Waals surface area contributed by atoms with E-state index < -0.39 is 22.5 Å². The summed E-state index contributed by atoms with van der Waals surface area (Å²) < 4.78 is 30.4. The van der Waals surface area contributed by atoms with Crippen molar-refractivity contribution in [3.63, 3.8) is 0 Å². The van der Waals surface area contributed by atoms with Crippen LogP contribution in [0, 0.1) is 0 Å². The number of anilines is 1. The van der Waals surface area contributed by atoms with E-state index in [-0.39, 0.29) is 4.90 Å². The Morgan fingerprint density at radius 3 is 2.71 bits per heavy atom. The first kappa shape index (κ1) is 13.9. The quantitative estimate of drug-likeness (QED) is 0.620. The van der Waals surface area contributed by atoms with Gasteiger partial charge in [-0.25, -0.2) is 8.42 Å². The molecular weight excluding hydrogens is 312 g/mol. The van der Waals surface area contributed by atoms with Crippen molar-refractivity contribution < 1.29 is 17.9 Å². The Labute approximate surface area is 107 Å². The van der Waals surface area contributed by atoms with Crippen LogP contribution < -0.4 is 10.5 Å². The number of methoxy groups -OCH3 is 1. The third kappa shape index (κ3) is 3.69. The van der Waals surface area contributed by atoms with Crippen molar-refractivity contribution in [2.75, 3.05) is 19.4 Å². The first-order valence-electron chi connectivity index (χ1n) is 4.48. The molecule has 0 amide bonds. The molecule has 0 heterocycles. The van der Waals surface area contributed by atoms with E-state index in [2.05, 4.69) is 25.4 Å². The third-order valence-corrected chi connectivity index (χ3v) is 4.00. The number of nitrogen functional groups attached to an aromatic ring is 1. The molecule has 1 aromatic rings. The Kier molecular flexibility index (Phi) is 4.49. The molecule has 0 aliphatic rings. The standard InChI is InChI=1S/C9H11BrN2O4S/c1-16-9(13)5-12-17(14,15)6-2-3-8(11)7(10)4-6/h2-4,12H,5,11H2,1H3. The molecular formula is C9H11BrN2O4S. The summed E-state index contributed by atoms with van der Waals surface area (Å²) in [6, 6.07) is 4.16. The van der Waals surface area contributed by atoms with Crippen LogP contribution in [0.1, 0.15) is 0 Å². The van der Waals surface area contributed by atoms with Gasteiger partial charge in [-0.05, 0) is 34.1 Å². The topological polar surface area (TPSA) is 98.5 Å². The predicted molar refractivity (Wildman–Crippen MR) is 65.8 cm³/mol. The smallest absolute Gasteiger partial charge is 0.320 e. The highest BCUT2D eigenvalue weighted by Crippen LogP contribution is 2.22. The van der Waals surface area contributed by atoms with Crippen LogP contribution in [0.4, 0.5) is 5.69 Å². The number of ether oxygens (including phenoxy) is 1. The number of nitrogens with one attached hydrogen (secondary N) is 1. The molecule has 0 atom stereocenters. The summed E-state index contributed by atoms with van der Waals surface area (Å²) in [5.74, 6) is -0.664. The van der Waals surface area contributed by atoms with E-state index in [9.17, 15) is 13.2 Å². The number of halogens is 1. The van der Waals surface area contributed by atoms with Crippen molar-refractivity contribution in [3.8, 4) is 0 Å². The summed E-state index contributed by atoms with van der Waals surface area (Å²) in [6.45, 7) is -0.416. The zero-order valence-corrected chi connectivity index (χ0v) is 11.3. The summed E-state index contributed by atoms with van der Waals surface area (Å²) in [7, 11) is -2.56. The Balaban J connectivity index is 2.90. The first-order valence-corrected chi connectivity index (χ1v) is 6.76. The molecule has 0 saturated carbocycles. The molecule has 17 heavy (non-hydrogen) atoms. The fraction of sp³-hybridized carbons (Fsp3) is 0.222. The number of esters is 1. The van der Waals surface area contributed by atoms with Gasteiger partial charge in [0.15, 0.2) is 0 Å². The van der Waals surface area contributed by atoms with Gasteiger partial charge < -0.3 is 10.5 Å². The number of hydrogen-bond acceptors (Lipinski definition) is 5. The van der Waals surface area contributed by atoms with Crippen LogP contribution in [-0.4, -0.2) is 28.0 Å². The molecule has 3 N–H and O–H groups in total. The number of sulfonamides is 1. The van der Waals surface area contributed by atoms with E-state index in [1.165, 1.54) is 25.3 Å². The fourth-order valence-corrected chi connectivity index (χ4v) is 2.51. The van der Waals surface area contributed by atoms with Crippen molar-refractivity contribution in [2.24, 2.45) is 0 Å². The van der Waals surface area contributed by atoms with Gasteiger partial charge in [-0.3, -0.25) is 4.79 Å². The monoisotopic (exact) mass is 322 g/mol. The van der Waals surface area contributed by atoms with E-state index in [0.29, 0.717) is 10.2 Å². The minimum atomic E-state index is -3.74. The maximum atomic E-state index is 11.7. The van der Waals surface area contributed by atoms with Crippen LogP contribution in [0.2, 0.25) is 0 Å². The van der Waals surface area contributed by atoms with Gasteiger partial charge in [-0.1, -0.05) is 0 Å². The highest BCUT2D eigenvalue weighted by Gasteiger charge is 2.16. The lowest BCUT2D eigenvalue weighted by Crippen LogP contribution is -2.30. The van der Waals surface area contributed by atoms with E-state index in [1.807, 2.05) is 0 Å². The predicted octanol–water partition coefficient (Wildman–Crippen LogP) is 0.483. The van der Waals surface area contributed by atoms with Crippen LogP contribution in [0.5, 0.6) is 0 Å². The van der Waals surface area contributed by atoms with Gasteiger partial charge in [-0.2, -0.15) is 4.72 Å². The van der Waals surface area contributed by atoms with Crippen LogP contribution in [0.3, 0.4) is 0 Å². The summed E-state index contributed by atoms with van der Waals surface area (Å²) in [4.78, 5) is 10.8. The van der Waals surface area contributed by atoms with Crippen molar-refractivity contribution >= 4 is 37.6 Å². The highest BCUT2D eigenvalue weighted by molar-refractivity contribution is 9.10. The maximum absolute atomic E-state index is 11.7. The molecule has 94 valence electrons. The molecule has 6 nitrogen and oxygen atoms in total. The Hall–Kier alpha value is -1.12. The summed E-state index contributed by atoms with van der Waals surface area (Å²) in [5, 5.41) is 0. The van der Waals surface area contributed by atoms with E-state index >= 15 is 0 Å². The van der Waals surface area contributed by atoms with E-state index in [0.717, 1.165) is 0 Å². The Bertz CT molecular complexity index is 530. The first-order chi connectivity index (χ1) is 7.86. The number of nitrogens with two attached hydrogens (primary N) is 1. The second-order valence-electron chi connectivity index (χ2n) is 3.08. The zero-order chi connectivity index (χ0) is 13.1. The highest BCUT2D eigenvalue weighted by atomic mass is 79.9. The molecule has 1 aromatic carbocycles. The van der Waals surface area contributed by atoms with Gasteiger partial charge in [0.25, 0.3) is 0 Å². The second-order valence-corrected chi connectivity index (χ2v) is 5.71. The summed E-state index contributed by atoms with van der Waals surface area (Å²) >= 11 is 3.12. The number of hydrogen-bond donors (Lipinski definition) is 2. The van der Waals surface area contributed by atoms with Crippen molar-refractivity contribution in [3.05, 3.63) is 22.7 Å². The van der Waals surface area contributed by atoms with E-state index in [4.69, 9.17) is 5.73 Å². The Morgan fingerprint density at radius 2 is 2.18 bits per heavy atom. The van der Waals surface area contributed by atoms with Crippen LogP contribution in [-0.2, 0) is 19.6 Å². The molecule has 0 aliphatic carbocycles. The number of rotatable bonds is 4. The third-order valence-electron chi connectivity index (χ3n) is 1.92. The van der Waals surface area contributed by atoms with Gasteiger partial charge in [0.2, 0.25) is 10.0 Å². The molecule has 0 unspecified atom stereocenters. The van der Waals surface area contributed by atoms with Gasteiger partial charge >= 0.3 is 5.97 Å². The average molecular weight is 323 g/mol. The molecule has 0 saturated heterocycles. The molecule has 0 spiro atoms. The lowest BCUT2D eigenvalue weighted by Gasteiger charge is -2.07. The second kappa shape index (κ2) is 5.48. The maximum Gasteiger partial charge on any atom is 0.320 e. The van der Waals surface area contributed by atoms with Gasteiger partial charge in [0.1, 0.15) is 6.54 Å². The largest absolute Gasteiger partial charge is 0.468 e. The van der Waals surface area contributed by atoms with Crippen molar-refractivity contribution in [1.82, 2.24) is 4.72 Å². The van der Waals surface area contributed by atoms with Gasteiger partial charge in [0, 0.05) is 10.2 Å². The van der Waals surface area contributed by atoms with E-state index in [1.54, 1.807) is 0 Å². The van der Waals surface area contributed by atoms with Gasteiger partial charge in [0.05, 0.1) is 12.0 Å². The fourth-order valence-electron chi connectivity index (χ4n) is 0.984. The summed E-state index contributed by atoms with van der Waals surface area (Å²) in [6.07, 6.45) is 0. The molecule has 0 radical (unpaired) electrons. The molecule has 8 heteroatoms. The van der Waals surface area contributed by atoms with Crippen molar-refractivity contribution in [1.29, 1.82) is 0 Å². The Morgan fingerprint density at radius 1 is 1.53 bits per heavy atom. The molecule has 0 aromatic heterocycles. The van der Waals surface area contributed by atoms with Crippen LogP contribution >= 0.6 is 15.9 Å². The average Bonchev–Trinajstić information content (AvgIpc) is 2.29. The number of benzene rings is 1. The molecule has 1 rings (SSSR count).